The molecule has 1 heterocycles. The molecule has 1 aliphatic heterocycles. The van der Waals surface area contributed by atoms with Crippen molar-refractivity contribution < 1.29 is 9.53 Å². The van der Waals surface area contributed by atoms with Gasteiger partial charge in [-0.3, -0.25) is 9.69 Å². The van der Waals surface area contributed by atoms with Crippen LogP contribution in [-0.4, -0.2) is 29.5 Å². The zero-order valence-electron chi connectivity index (χ0n) is 16.4. The van der Waals surface area contributed by atoms with Crippen LogP contribution in [0.2, 0.25) is 0 Å². The highest BCUT2D eigenvalue weighted by atomic mass is 16.5. The molecule has 0 spiro atoms. The summed E-state index contributed by atoms with van der Waals surface area (Å²) in [6, 6.07) is 18.6. The van der Waals surface area contributed by atoms with Crippen molar-refractivity contribution in [2.75, 3.05) is 6.54 Å². The van der Waals surface area contributed by atoms with E-state index in [1.165, 1.54) is 31.4 Å². The van der Waals surface area contributed by atoms with Crippen molar-refractivity contribution in [2.45, 2.75) is 58.3 Å². The van der Waals surface area contributed by atoms with Crippen LogP contribution in [-0.2, 0) is 17.9 Å². The number of hydrogen-bond donors (Lipinski definition) is 1. The minimum atomic E-state index is -0.521. The Morgan fingerprint density at radius 3 is 2.52 bits per heavy atom. The predicted molar refractivity (Wildman–Crippen MR) is 109 cm³/mol. The minimum Gasteiger partial charge on any atom is -0.481 e. The van der Waals surface area contributed by atoms with E-state index in [9.17, 15) is 4.79 Å². The average molecular weight is 367 g/mol. The minimum absolute atomic E-state index is 0.106. The Kier molecular flexibility index (Phi) is 6.88. The molecule has 0 saturated carbocycles. The lowest BCUT2D eigenvalue weighted by Crippen LogP contribution is -2.36. The zero-order chi connectivity index (χ0) is 19.1. The number of hydrogen-bond acceptors (Lipinski definition) is 3. The number of amides is 1. The molecule has 1 N–H and O–H groups in total. The summed E-state index contributed by atoms with van der Waals surface area (Å²) >= 11 is 0. The molecule has 4 nitrogen and oxygen atoms in total. The van der Waals surface area contributed by atoms with Crippen LogP contribution in [0.15, 0.2) is 54.6 Å². The second kappa shape index (κ2) is 9.56. The monoisotopic (exact) mass is 366 g/mol. The second-order valence-electron chi connectivity index (χ2n) is 7.42. The molecule has 2 atom stereocenters. The number of rotatable bonds is 7. The van der Waals surface area contributed by atoms with E-state index < -0.39 is 6.10 Å². The van der Waals surface area contributed by atoms with Gasteiger partial charge in [0.1, 0.15) is 5.75 Å². The molecular formula is C23H30N2O2. The van der Waals surface area contributed by atoms with E-state index in [1.54, 1.807) is 6.92 Å². The van der Waals surface area contributed by atoms with Crippen molar-refractivity contribution in [3.05, 3.63) is 65.7 Å². The van der Waals surface area contributed by atoms with Gasteiger partial charge in [-0.15, -0.1) is 0 Å². The summed E-state index contributed by atoms with van der Waals surface area (Å²) < 4.78 is 5.66. The van der Waals surface area contributed by atoms with Crippen molar-refractivity contribution >= 4 is 5.91 Å². The molecule has 2 aromatic carbocycles. The van der Waals surface area contributed by atoms with Crippen LogP contribution in [0.4, 0.5) is 0 Å². The molecule has 2 unspecified atom stereocenters. The first-order chi connectivity index (χ1) is 13.1. The molecule has 27 heavy (non-hydrogen) atoms. The number of nitrogens with zero attached hydrogens (tertiary/aromatic N) is 1. The lowest BCUT2D eigenvalue weighted by Gasteiger charge is -2.33. The molecular weight excluding hydrogens is 336 g/mol. The van der Waals surface area contributed by atoms with Gasteiger partial charge in [0.25, 0.3) is 5.91 Å². The van der Waals surface area contributed by atoms with E-state index in [2.05, 4.69) is 41.4 Å². The Bertz CT molecular complexity index is 715. The molecule has 0 radical (unpaired) electrons. The number of ether oxygens (including phenoxy) is 1. The first-order valence-electron chi connectivity index (χ1n) is 9.93. The van der Waals surface area contributed by atoms with Gasteiger partial charge < -0.3 is 10.1 Å². The summed E-state index contributed by atoms with van der Waals surface area (Å²) in [5, 5.41) is 2.95. The van der Waals surface area contributed by atoms with Gasteiger partial charge in [-0.05, 0) is 56.5 Å². The third kappa shape index (κ3) is 5.83. The Morgan fingerprint density at radius 1 is 1.11 bits per heavy atom. The van der Waals surface area contributed by atoms with Gasteiger partial charge in [-0.2, -0.15) is 0 Å². The van der Waals surface area contributed by atoms with Gasteiger partial charge in [-0.1, -0.05) is 48.9 Å². The highest BCUT2D eigenvalue weighted by Crippen LogP contribution is 2.19. The quantitative estimate of drug-likeness (QED) is 0.800. The zero-order valence-corrected chi connectivity index (χ0v) is 16.4. The van der Waals surface area contributed by atoms with Crippen molar-refractivity contribution in [1.29, 1.82) is 0 Å². The van der Waals surface area contributed by atoms with Gasteiger partial charge >= 0.3 is 0 Å². The summed E-state index contributed by atoms with van der Waals surface area (Å²) in [7, 11) is 0. The molecule has 1 aliphatic rings. The molecule has 0 bridgehead atoms. The second-order valence-corrected chi connectivity index (χ2v) is 7.42. The van der Waals surface area contributed by atoms with Crippen LogP contribution < -0.4 is 10.1 Å². The van der Waals surface area contributed by atoms with Crippen LogP contribution in [0.3, 0.4) is 0 Å². The number of carbonyl (C=O) groups is 1. The van der Waals surface area contributed by atoms with Crippen LogP contribution in [0.1, 0.15) is 44.2 Å². The SMILES string of the molecule is CC(Oc1ccccc1)C(=O)NCc1ccc(CN2CCCCC2C)cc1. The van der Waals surface area contributed by atoms with Gasteiger partial charge in [0.2, 0.25) is 0 Å². The Hall–Kier alpha value is -2.33. The topological polar surface area (TPSA) is 41.6 Å². The molecule has 1 amide bonds. The van der Waals surface area contributed by atoms with E-state index in [4.69, 9.17) is 4.74 Å². The van der Waals surface area contributed by atoms with E-state index in [-0.39, 0.29) is 5.91 Å². The maximum absolute atomic E-state index is 12.2. The van der Waals surface area contributed by atoms with Crippen LogP contribution >= 0.6 is 0 Å². The first-order valence-corrected chi connectivity index (χ1v) is 9.93. The van der Waals surface area contributed by atoms with Crippen molar-refractivity contribution in [2.24, 2.45) is 0 Å². The lowest BCUT2D eigenvalue weighted by molar-refractivity contribution is -0.127. The summed E-state index contributed by atoms with van der Waals surface area (Å²) in [5.74, 6) is 0.599. The van der Waals surface area contributed by atoms with Gasteiger partial charge in [0.05, 0.1) is 0 Å². The molecule has 144 valence electrons. The standard InChI is InChI=1S/C23H30N2O2/c1-18-8-6-7-15-25(18)17-21-13-11-20(12-14-21)16-24-23(26)19(2)27-22-9-4-3-5-10-22/h3-5,9-14,18-19H,6-8,15-17H2,1-2H3,(H,24,26). The third-order valence-corrected chi connectivity index (χ3v) is 5.24. The number of nitrogens with one attached hydrogen (secondary N) is 1. The third-order valence-electron chi connectivity index (χ3n) is 5.24. The van der Waals surface area contributed by atoms with Gasteiger partial charge in [0.15, 0.2) is 6.10 Å². The average Bonchev–Trinajstić information content (AvgIpc) is 2.69. The largest absolute Gasteiger partial charge is 0.481 e. The number of benzene rings is 2. The summed E-state index contributed by atoms with van der Waals surface area (Å²) in [6.45, 7) is 6.81. The molecule has 4 heteroatoms. The normalized spacial score (nSPS) is 18.7. The van der Waals surface area contributed by atoms with Gasteiger partial charge in [-0.25, -0.2) is 0 Å². The highest BCUT2D eigenvalue weighted by molar-refractivity contribution is 5.80. The fourth-order valence-corrected chi connectivity index (χ4v) is 3.48. The van der Waals surface area contributed by atoms with Crippen molar-refractivity contribution in [1.82, 2.24) is 10.2 Å². The van der Waals surface area contributed by atoms with Gasteiger partial charge in [0, 0.05) is 19.1 Å². The Labute approximate surface area is 162 Å². The molecule has 2 aromatic rings. The number of piperidine rings is 1. The van der Waals surface area contributed by atoms with E-state index >= 15 is 0 Å². The van der Waals surface area contributed by atoms with Crippen LogP contribution in [0.25, 0.3) is 0 Å². The van der Waals surface area contributed by atoms with E-state index in [0.29, 0.717) is 18.3 Å². The molecule has 1 fully saturated rings. The van der Waals surface area contributed by atoms with E-state index in [0.717, 1.165) is 12.1 Å². The van der Waals surface area contributed by atoms with Crippen LogP contribution in [0.5, 0.6) is 5.75 Å². The molecule has 1 saturated heterocycles. The predicted octanol–water partition coefficient (Wildman–Crippen LogP) is 4.14. The highest BCUT2D eigenvalue weighted by Gasteiger charge is 2.18. The Balaban J connectivity index is 1.46. The summed E-state index contributed by atoms with van der Waals surface area (Å²) in [5.41, 5.74) is 2.44. The van der Waals surface area contributed by atoms with E-state index in [1.807, 2.05) is 30.3 Å². The smallest absolute Gasteiger partial charge is 0.261 e. The van der Waals surface area contributed by atoms with Crippen molar-refractivity contribution in [3.8, 4) is 5.75 Å². The fourth-order valence-electron chi connectivity index (χ4n) is 3.48. The first kappa shape index (κ1) is 19.4. The molecule has 0 aliphatic carbocycles. The molecule has 0 aromatic heterocycles. The lowest BCUT2D eigenvalue weighted by atomic mass is 10.0. The Morgan fingerprint density at radius 2 is 1.81 bits per heavy atom. The number of carbonyl (C=O) groups excluding carboxylic acids is 1. The van der Waals surface area contributed by atoms with Crippen LogP contribution in [0, 0.1) is 0 Å². The summed E-state index contributed by atoms with van der Waals surface area (Å²) in [4.78, 5) is 14.8. The maximum Gasteiger partial charge on any atom is 0.261 e. The number of likely N-dealkylation sites (tertiary alicyclic amines) is 1. The van der Waals surface area contributed by atoms with Crippen molar-refractivity contribution in [3.63, 3.8) is 0 Å². The summed E-state index contributed by atoms with van der Waals surface area (Å²) in [6.07, 6.45) is 3.43. The maximum atomic E-state index is 12.2. The fraction of sp³-hybridized carbons (Fsp3) is 0.435. The molecule has 3 rings (SSSR count). The number of para-hydroxylation sites is 1.